The Morgan fingerprint density at radius 1 is 0.946 bits per heavy atom. The molecule has 37 heavy (non-hydrogen) atoms. The van der Waals surface area contributed by atoms with Crippen molar-refractivity contribution in [1.82, 2.24) is 45.0 Å². The minimum Gasteiger partial charge on any atom is -0.492 e. The Balaban J connectivity index is 1.41. The van der Waals surface area contributed by atoms with E-state index < -0.39 is 0 Å². The van der Waals surface area contributed by atoms with Crippen LogP contribution < -0.4 is 4.74 Å². The van der Waals surface area contributed by atoms with Crippen molar-refractivity contribution in [3.8, 4) is 39.7 Å². The van der Waals surface area contributed by atoms with Crippen LogP contribution in [0.5, 0.6) is 5.75 Å². The summed E-state index contributed by atoms with van der Waals surface area (Å²) in [5.41, 5.74) is 5.28. The van der Waals surface area contributed by atoms with E-state index >= 15 is 0 Å². The fourth-order valence-electron chi connectivity index (χ4n) is 4.09. The number of fused-ring (bicyclic) bond motifs is 2. The van der Waals surface area contributed by atoms with Gasteiger partial charge in [-0.1, -0.05) is 0 Å². The van der Waals surface area contributed by atoms with E-state index in [1.807, 2.05) is 37.2 Å². The number of rotatable bonds is 7. The van der Waals surface area contributed by atoms with Crippen LogP contribution in [0.3, 0.4) is 0 Å². The van der Waals surface area contributed by atoms with E-state index in [4.69, 9.17) is 4.74 Å². The van der Waals surface area contributed by atoms with Crippen molar-refractivity contribution in [2.75, 3.05) is 27.2 Å². The van der Waals surface area contributed by atoms with Gasteiger partial charge < -0.3 is 14.6 Å². The number of H-pyrrole nitrogens is 2. The van der Waals surface area contributed by atoms with Crippen molar-refractivity contribution in [3.05, 3.63) is 67.1 Å². The first kappa shape index (κ1) is 22.7. The number of halogens is 1. The monoisotopic (exact) mass is 495 g/mol. The average Bonchev–Trinajstić information content (AvgIpc) is 3.52. The molecule has 0 aliphatic heterocycles. The van der Waals surface area contributed by atoms with Gasteiger partial charge in [0.25, 0.3) is 0 Å². The third-order valence-electron chi connectivity index (χ3n) is 5.89. The molecule has 0 unspecified atom stereocenters. The van der Waals surface area contributed by atoms with E-state index in [0.29, 0.717) is 51.9 Å². The van der Waals surface area contributed by atoms with Crippen molar-refractivity contribution < 1.29 is 9.13 Å². The quantitative estimate of drug-likeness (QED) is 0.340. The van der Waals surface area contributed by atoms with Crippen LogP contribution in [0, 0.1) is 5.82 Å². The van der Waals surface area contributed by atoms with Crippen molar-refractivity contribution in [3.63, 3.8) is 0 Å². The normalized spacial score (nSPS) is 11.6. The Morgan fingerprint density at radius 2 is 1.86 bits per heavy atom. The van der Waals surface area contributed by atoms with Crippen molar-refractivity contribution in [1.29, 1.82) is 0 Å². The number of aromatic amines is 2. The van der Waals surface area contributed by atoms with Crippen LogP contribution in [0.2, 0.25) is 0 Å². The molecule has 184 valence electrons. The first-order valence-electron chi connectivity index (χ1n) is 11.6. The van der Waals surface area contributed by atoms with Crippen LogP contribution in [0.15, 0.2) is 61.3 Å². The zero-order chi connectivity index (χ0) is 25.4. The highest BCUT2D eigenvalue weighted by Crippen LogP contribution is 2.33. The number of aromatic nitrogens is 8. The SMILES string of the molecule is CN(C)CCOc1cc(F)cc(-c2ccnc3nc(-c4[nH]nc5ncc(-c6cnccn6)cc45)[nH]c23)c1. The van der Waals surface area contributed by atoms with Gasteiger partial charge >= 0.3 is 0 Å². The fraction of sp³-hybridized carbons (Fsp3) is 0.154. The van der Waals surface area contributed by atoms with E-state index in [0.717, 1.165) is 23.1 Å². The number of pyridine rings is 2. The van der Waals surface area contributed by atoms with Crippen molar-refractivity contribution in [2.45, 2.75) is 0 Å². The Labute approximate surface area is 210 Å². The fourth-order valence-corrected chi connectivity index (χ4v) is 4.09. The maximum Gasteiger partial charge on any atom is 0.181 e. The lowest BCUT2D eigenvalue weighted by Gasteiger charge is -2.12. The zero-order valence-corrected chi connectivity index (χ0v) is 20.1. The maximum absolute atomic E-state index is 14.5. The smallest absolute Gasteiger partial charge is 0.181 e. The lowest BCUT2D eigenvalue weighted by Crippen LogP contribution is -2.19. The molecule has 0 fully saturated rings. The molecule has 0 saturated heterocycles. The van der Waals surface area contributed by atoms with E-state index in [1.54, 1.807) is 31.0 Å². The number of nitrogens with one attached hydrogen (secondary N) is 2. The number of nitrogens with zero attached hydrogens (tertiary/aromatic N) is 7. The number of hydrogen-bond donors (Lipinski definition) is 2. The number of ether oxygens (including phenoxy) is 1. The van der Waals surface area contributed by atoms with Gasteiger partial charge in [0.05, 0.1) is 22.8 Å². The van der Waals surface area contributed by atoms with Crippen LogP contribution in [0.4, 0.5) is 4.39 Å². The summed E-state index contributed by atoms with van der Waals surface area (Å²) in [7, 11) is 3.92. The van der Waals surface area contributed by atoms with Gasteiger partial charge in [-0.05, 0) is 43.9 Å². The van der Waals surface area contributed by atoms with Crippen molar-refractivity contribution >= 4 is 22.2 Å². The Hall–Kier alpha value is -4.77. The van der Waals surface area contributed by atoms with Gasteiger partial charge in [0.15, 0.2) is 17.1 Å². The average molecular weight is 496 g/mol. The van der Waals surface area contributed by atoms with E-state index in [2.05, 4.69) is 40.1 Å². The Kier molecular flexibility index (Phi) is 5.73. The molecule has 10 nitrogen and oxygen atoms in total. The number of likely N-dealkylation sites (N-methyl/N-ethyl adjacent to an activating group) is 1. The lowest BCUT2D eigenvalue weighted by atomic mass is 10.1. The summed E-state index contributed by atoms with van der Waals surface area (Å²) in [6.45, 7) is 1.17. The summed E-state index contributed by atoms with van der Waals surface area (Å²) < 4.78 is 20.3. The van der Waals surface area contributed by atoms with Crippen molar-refractivity contribution in [2.24, 2.45) is 0 Å². The summed E-state index contributed by atoms with van der Waals surface area (Å²) in [6, 6.07) is 8.43. The zero-order valence-electron chi connectivity index (χ0n) is 20.1. The molecular weight excluding hydrogens is 473 g/mol. The largest absolute Gasteiger partial charge is 0.492 e. The molecule has 0 atom stereocenters. The summed E-state index contributed by atoms with van der Waals surface area (Å²) in [4.78, 5) is 27.4. The summed E-state index contributed by atoms with van der Waals surface area (Å²) >= 11 is 0. The van der Waals surface area contributed by atoms with E-state index in [-0.39, 0.29) is 5.82 Å². The highest BCUT2D eigenvalue weighted by molar-refractivity contribution is 5.96. The number of hydrogen-bond acceptors (Lipinski definition) is 8. The Bertz CT molecular complexity index is 1710. The molecule has 6 rings (SSSR count). The van der Waals surface area contributed by atoms with E-state index in [1.165, 1.54) is 12.1 Å². The maximum atomic E-state index is 14.5. The van der Waals surface area contributed by atoms with Crippen LogP contribution in [0.1, 0.15) is 0 Å². The second kappa shape index (κ2) is 9.36. The molecule has 6 aromatic rings. The summed E-state index contributed by atoms with van der Waals surface area (Å²) in [5.74, 6) is 0.613. The molecule has 0 bridgehead atoms. The highest BCUT2D eigenvalue weighted by Gasteiger charge is 2.17. The predicted octanol–water partition coefficient (Wildman–Crippen LogP) is 4.10. The van der Waals surface area contributed by atoms with Gasteiger partial charge in [-0.3, -0.25) is 15.1 Å². The molecule has 5 aromatic heterocycles. The van der Waals surface area contributed by atoms with Crippen LogP contribution in [0.25, 0.3) is 56.1 Å². The molecule has 2 N–H and O–H groups in total. The third-order valence-corrected chi connectivity index (χ3v) is 5.89. The molecule has 0 saturated carbocycles. The summed E-state index contributed by atoms with van der Waals surface area (Å²) in [5, 5.41) is 8.12. The first-order valence-corrected chi connectivity index (χ1v) is 11.6. The van der Waals surface area contributed by atoms with Gasteiger partial charge in [0.2, 0.25) is 0 Å². The lowest BCUT2D eigenvalue weighted by molar-refractivity contribution is 0.260. The van der Waals surface area contributed by atoms with Gasteiger partial charge in [0, 0.05) is 48.5 Å². The third kappa shape index (κ3) is 4.47. The molecule has 0 amide bonds. The summed E-state index contributed by atoms with van der Waals surface area (Å²) in [6.07, 6.45) is 8.29. The van der Waals surface area contributed by atoms with Gasteiger partial charge in [-0.15, -0.1) is 0 Å². The minimum absolute atomic E-state index is 0.385. The van der Waals surface area contributed by atoms with Crippen LogP contribution in [-0.4, -0.2) is 72.2 Å². The molecule has 0 aliphatic carbocycles. The highest BCUT2D eigenvalue weighted by atomic mass is 19.1. The van der Waals surface area contributed by atoms with Gasteiger partial charge in [0.1, 0.15) is 23.9 Å². The van der Waals surface area contributed by atoms with Gasteiger partial charge in [-0.2, -0.15) is 5.10 Å². The van der Waals surface area contributed by atoms with E-state index in [9.17, 15) is 4.39 Å². The first-order chi connectivity index (χ1) is 18.0. The Morgan fingerprint density at radius 3 is 2.70 bits per heavy atom. The molecular formula is C26H22FN9O. The van der Waals surface area contributed by atoms with Gasteiger partial charge in [-0.25, -0.2) is 19.3 Å². The predicted molar refractivity (Wildman–Crippen MR) is 137 cm³/mol. The molecule has 0 spiro atoms. The second-order valence-electron chi connectivity index (χ2n) is 8.75. The second-order valence-corrected chi connectivity index (χ2v) is 8.75. The number of imidazole rings is 1. The molecule has 0 radical (unpaired) electrons. The van der Waals surface area contributed by atoms with Crippen LogP contribution >= 0.6 is 0 Å². The number of benzene rings is 1. The molecule has 0 aliphatic rings. The minimum atomic E-state index is -0.385. The standard InChI is InChI=1S/C26H22FN9O/c1-36(2)7-8-37-18-10-15(9-17(27)12-18)19-3-4-30-25-22(19)32-26(33-25)23-20-11-16(13-31-24(20)35-34-23)21-14-28-5-6-29-21/h3-6,9-14H,7-8H2,1-2H3,(H,30,32,33)(H,31,34,35). The molecule has 5 heterocycles. The van der Waals surface area contributed by atoms with Crippen LogP contribution in [-0.2, 0) is 0 Å². The topological polar surface area (TPSA) is 121 Å². The molecule has 1 aromatic carbocycles. The molecule has 11 heteroatoms.